The predicted octanol–water partition coefficient (Wildman–Crippen LogP) is 3.10. The molecule has 1 unspecified atom stereocenters. The van der Waals surface area contributed by atoms with E-state index in [0.717, 1.165) is 24.2 Å². The van der Waals surface area contributed by atoms with Crippen LogP contribution in [-0.4, -0.2) is 18.7 Å². The summed E-state index contributed by atoms with van der Waals surface area (Å²) < 4.78 is 10.6. The molecule has 120 valence electrons. The lowest BCUT2D eigenvalue weighted by Gasteiger charge is -2.14. The number of fused-ring (bicyclic) bond motifs is 1. The average Bonchev–Trinajstić information content (AvgIpc) is 3.01. The first-order chi connectivity index (χ1) is 11.2. The van der Waals surface area contributed by atoms with Gasteiger partial charge in [-0.3, -0.25) is 4.79 Å². The second-order valence-electron chi connectivity index (χ2n) is 5.86. The molecule has 0 saturated carbocycles. The van der Waals surface area contributed by atoms with Gasteiger partial charge in [-0.2, -0.15) is 0 Å². The number of carbonyl (C=O) groups excluding carboxylic acids is 1. The molecular formula is C19H21NO3. The first-order valence-electron chi connectivity index (χ1n) is 7.92. The van der Waals surface area contributed by atoms with Crippen molar-refractivity contribution >= 4 is 5.91 Å². The molecule has 1 aliphatic rings. The summed E-state index contributed by atoms with van der Waals surface area (Å²) >= 11 is 0. The van der Waals surface area contributed by atoms with Gasteiger partial charge in [0.05, 0.1) is 6.42 Å². The number of nitrogens with one attached hydrogen (secondary N) is 1. The van der Waals surface area contributed by atoms with Crippen molar-refractivity contribution in [1.29, 1.82) is 0 Å². The highest BCUT2D eigenvalue weighted by atomic mass is 16.7. The summed E-state index contributed by atoms with van der Waals surface area (Å²) in [5.41, 5.74) is 2.23. The highest BCUT2D eigenvalue weighted by Crippen LogP contribution is 2.32. The normalized spacial score (nSPS) is 13.6. The van der Waals surface area contributed by atoms with Crippen LogP contribution in [0.3, 0.4) is 0 Å². The minimum atomic E-state index is 0.0319. The quantitative estimate of drug-likeness (QED) is 0.892. The maximum Gasteiger partial charge on any atom is 0.231 e. The van der Waals surface area contributed by atoms with Crippen LogP contribution in [-0.2, 0) is 17.6 Å². The molecule has 4 nitrogen and oxygen atoms in total. The van der Waals surface area contributed by atoms with E-state index in [-0.39, 0.29) is 18.7 Å². The zero-order valence-corrected chi connectivity index (χ0v) is 13.2. The van der Waals surface area contributed by atoms with E-state index in [9.17, 15) is 4.79 Å². The zero-order chi connectivity index (χ0) is 16.1. The van der Waals surface area contributed by atoms with Gasteiger partial charge in [-0.05, 0) is 43.0 Å². The third-order valence-corrected chi connectivity index (χ3v) is 3.92. The maximum absolute atomic E-state index is 12.2. The van der Waals surface area contributed by atoms with Gasteiger partial charge < -0.3 is 14.8 Å². The zero-order valence-electron chi connectivity index (χ0n) is 13.2. The Hall–Kier alpha value is -2.49. The van der Waals surface area contributed by atoms with E-state index in [1.165, 1.54) is 5.56 Å². The Kier molecular flexibility index (Phi) is 4.81. The van der Waals surface area contributed by atoms with Crippen LogP contribution >= 0.6 is 0 Å². The van der Waals surface area contributed by atoms with Crippen LogP contribution in [0.5, 0.6) is 11.5 Å². The molecule has 0 radical (unpaired) electrons. The van der Waals surface area contributed by atoms with Crippen LogP contribution in [0.15, 0.2) is 48.5 Å². The number of hydrogen-bond acceptors (Lipinski definition) is 3. The standard InChI is InChI=1S/C19H21NO3/c1-14(7-8-15-5-3-2-4-6-15)20-19(21)12-16-9-10-17-18(11-16)23-13-22-17/h2-6,9-11,14H,7-8,12-13H2,1H3,(H,20,21). The van der Waals surface area contributed by atoms with Gasteiger partial charge in [0.2, 0.25) is 12.7 Å². The predicted molar refractivity (Wildman–Crippen MR) is 88.6 cm³/mol. The lowest BCUT2D eigenvalue weighted by molar-refractivity contribution is -0.121. The van der Waals surface area contributed by atoms with Crippen molar-refractivity contribution in [3.63, 3.8) is 0 Å². The molecule has 2 aromatic rings. The topological polar surface area (TPSA) is 47.6 Å². The minimum absolute atomic E-state index is 0.0319. The number of ether oxygens (including phenoxy) is 2. The summed E-state index contributed by atoms with van der Waals surface area (Å²) in [6.45, 7) is 2.29. The van der Waals surface area contributed by atoms with Crippen molar-refractivity contribution in [3.8, 4) is 11.5 Å². The van der Waals surface area contributed by atoms with E-state index in [4.69, 9.17) is 9.47 Å². The summed E-state index contributed by atoms with van der Waals surface area (Å²) in [7, 11) is 0. The number of rotatable bonds is 6. The monoisotopic (exact) mass is 311 g/mol. The number of benzene rings is 2. The van der Waals surface area contributed by atoms with E-state index in [0.29, 0.717) is 12.2 Å². The number of amides is 1. The Morgan fingerprint density at radius 1 is 1.09 bits per heavy atom. The molecule has 0 bridgehead atoms. The lowest BCUT2D eigenvalue weighted by atomic mass is 10.1. The van der Waals surface area contributed by atoms with Gasteiger partial charge in [0, 0.05) is 6.04 Å². The molecule has 1 heterocycles. The van der Waals surface area contributed by atoms with Gasteiger partial charge in [0.15, 0.2) is 11.5 Å². The van der Waals surface area contributed by atoms with Gasteiger partial charge in [-0.15, -0.1) is 0 Å². The third-order valence-electron chi connectivity index (χ3n) is 3.92. The molecule has 2 aromatic carbocycles. The molecule has 0 spiro atoms. The molecule has 3 rings (SSSR count). The molecule has 0 aromatic heterocycles. The molecular weight excluding hydrogens is 290 g/mol. The first kappa shape index (κ1) is 15.4. The van der Waals surface area contributed by atoms with Crippen molar-refractivity contribution < 1.29 is 14.3 Å². The highest BCUT2D eigenvalue weighted by Gasteiger charge is 2.15. The minimum Gasteiger partial charge on any atom is -0.454 e. The van der Waals surface area contributed by atoms with Crippen molar-refractivity contribution in [3.05, 3.63) is 59.7 Å². The second-order valence-corrected chi connectivity index (χ2v) is 5.86. The fourth-order valence-electron chi connectivity index (χ4n) is 2.66. The van der Waals surface area contributed by atoms with Crippen LogP contribution in [0.1, 0.15) is 24.5 Å². The molecule has 4 heteroatoms. The van der Waals surface area contributed by atoms with Gasteiger partial charge in [0.25, 0.3) is 0 Å². The summed E-state index contributed by atoms with van der Waals surface area (Å²) in [6.07, 6.45) is 2.25. The summed E-state index contributed by atoms with van der Waals surface area (Å²) in [4.78, 5) is 12.2. The number of carbonyl (C=O) groups is 1. The van der Waals surface area contributed by atoms with Crippen LogP contribution in [0.2, 0.25) is 0 Å². The van der Waals surface area contributed by atoms with Gasteiger partial charge in [-0.25, -0.2) is 0 Å². The van der Waals surface area contributed by atoms with Crippen LogP contribution < -0.4 is 14.8 Å². The fraction of sp³-hybridized carbons (Fsp3) is 0.316. The maximum atomic E-state index is 12.2. The van der Waals surface area contributed by atoms with E-state index in [2.05, 4.69) is 17.4 Å². The Labute approximate surface area is 136 Å². The smallest absolute Gasteiger partial charge is 0.231 e. The van der Waals surface area contributed by atoms with Crippen molar-refractivity contribution in [1.82, 2.24) is 5.32 Å². The molecule has 0 aliphatic carbocycles. The molecule has 1 N–H and O–H groups in total. The summed E-state index contributed by atoms with van der Waals surface area (Å²) in [5.74, 6) is 1.49. The number of aryl methyl sites for hydroxylation is 1. The van der Waals surface area contributed by atoms with Crippen molar-refractivity contribution in [2.75, 3.05) is 6.79 Å². The Bertz CT molecular complexity index is 670. The Morgan fingerprint density at radius 2 is 1.87 bits per heavy atom. The molecule has 0 saturated heterocycles. The summed E-state index contributed by atoms with van der Waals surface area (Å²) in [5, 5.41) is 3.06. The van der Waals surface area contributed by atoms with E-state index in [1.807, 2.05) is 43.3 Å². The van der Waals surface area contributed by atoms with Crippen molar-refractivity contribution in [2.24, 2.45) is 0 Å². The van der Waals surface area contributed by atoms with Gasteiger partial charge in [-0.1, -0.05) is 36.4 Å². The SMILES string of the molecule is CC(CCc1ccccc1)NC(=O)Cc1ccc2c(c1)OCO2. The Morgan fingerprint density at radius 3 is 2.70 bits per heavy atom. The van der Waals surface area contributed by atoms with E-state index in [1.54, 1.807) is 0 Å². The highest BCUT2D eigenvalue weighted by molar-refractivity contribution is 5.79. The molecule has 1 aliphatic heterocycles. The fourth-order valence-corrected chi connectivity index (χ4v) is 2.66. The summed E-state index contributed by atoms with van der Waals surface area (Å²) in [6, 6.07) is 16.1. The van der Waals surface area contributed by atoms with E-state index >= 15 is 0 Å². The van der Waals surface area contributed by atoms with Crippen LogP contribution in [0.25, 0.3) is 0 Å². The lowest BCUT2D eigenvalue weighted by Crippen LogP contribution is -2.34. The first-order valence-corrected chi connectivity index (χ1v) is 7.92. The van der Waals surface area contributed by atoms with E-state index < -0.39 is 0 Å². The largest absolute Gasteiger partial charge is 0.454 e. The molecule has 0 fully saturated rings. The molecule has 1 amide bonds. The Balaban J connectivity index is 1.47. The third kappa shape index (κ3) is 4.25. The van der Waals surface area contributed by atoms with Crippen LogP contribution in [0.4, 0.5) is 0 Å². The molecule has 1 atom stereocenters. The van der Waals surface area contributed by atoms with Crippen LogP contribution in [0, 0.1) is 0 Å². The van der Waals surface area contributed by atoms with Gasteiger partial charge >= 0.3 is 0 Å². The van der Waals surface area contributed by atoms with Gasteiger partial charge in [0.1, 0.15) is 0 Å². The second kappa shape index (κ2) is 7.18. The average molecular weight is 311 g/mol. The molecule has 23 heavy (non-hydrogen) atoms. The number of hydrogen-bond donors (Lipinski definition) is 1. The van der Waals surface area contributed by atoms with Crippen molar-refractivity contribution in [2.45, 2.75) is 32.2 Å².